The third-order valence-corrected chi connectivity index (χ3v) is 3.68. The molecule has 1 aromatic heterocycles. The summed E-state index contributed by atoms with van der Waals surface area (Å²) in [6, 6.07) is 4.57. The van der Waals surface area contributed by atoms with Gasteiger partial charge in [-0.05, 0) is 12.1 Å². The number of carbonyl (C=O) groups excluding carboxylic acids is 4. The van der Waals surface area contributed by atoms with Gasteiger partial charge >= 0.3 is 0 Å². The van der Waals surface area contributed by atoms with Crippen LogP contribution in [0.25, 0.3) is 0 Å². The fraction of sp³-hybridized carbons (Fsp3) is 0.526. The van der Waals surface area contributed by atoms with E-state index in [1.165, 1.54) is 12.1 Å². The Labute approximate surface area is 165 Å². The molecule has 0 saturated heterocycles. The predicted octanol–water partition coefficient (Wildman–Crippen LogP) is 0.0856. The van der Waals surface area contributed by atoms with Gasteiger partial charge in [-0.15, -0.1) is 0 Å². The number of hydrogen-bond acceptors (Lipinski definition) is 5. The quantitative estimate of drug-likeness (QED) is 0.420. The Bertz CT molecular complexity index is 648. The molecule has 0 bridgehead atoms. The summed E-state index contributed by atoms with van der Waals surface area (Å²) in [7, 11) is 0. The van der Waals surface area contributed by atoms with Crippen molar-refractivity contribution in [3.05, 3.63) is 29.6 Å². The molecule has 1 aromatic rings. The maximum Gasteiger partial charge on any atom is 0.269 e. The predicted molar refractivity (Wildman–Crippen MR) is 105 cm³/mol. The first-order valence-electron chi connectivity index (χ1n) is 9.31. The molecule has 0 atom stereocenters. The van der Waals surface area contributed by atoms with Gasteiger partial charge in [0.1, 0.15) is 11.4 Å². The van der Waals surface area contributed by atoms with Crippen molar-refractivity contribution in [3.8, 4) is 0 Å². The van der Waals surface area contributed by atoms with Gasteiger partial charge in [-0.25, -0.2) is 4.98 Å². The number of amides is 4. The SMILES string of the molecule is CC(C)C(=O)NCCNC(=O)c1cccc(C(=O)NCCNC(=O)C(C)C)n1. The second-order valence-electron chi connectivity index (χ2n) is 6.81. The fourth-order valence-electron chi connectivity index (χ4n) is 2.00. The van der Waals surface area contributed by atoms with Crippen LogP contribution in [-0.2, 0) is 9.59 Å². The lowest BCUT2D eigenvalue weighted by atomic mass is 10.2. The fourth-order valence-corrected chi connectivity index (χ4v) is 2.00. The molecule has 154 valence electrons. The minimum absolute atomic E-state index is 0.0874. The Kier molecular flexibility index (Phi) is 9.63. The zero-order chi connectivity index (χ0) is 21.1. The van der Waals surface area contributed by atoms with E-state index in [-0.39, 0.29) is 48.1 Å². The zero-order valence-corrected chi connectivity index (χ0v) is 16.8. The van der Waals surface area contributed by atoms with Gasteiger partial charge in [-0.1, -0.05) is 33.8 Å². The topological polar surface area (TPSA) is 129 Å². The smallest absolute Gasteiger partial charge is 0.269 e. The zero-order valence-electron chi connectivity index (χ0n) is 16.8. The average Bonchev–Trinajstić information content (AvgIpc) is 2.67. The molecule has 0 aliphatic rings. The maximum absolute atomic E-state index is 12.1. The van der Waals surface area contributed by atoms with Gasteiger partial charge in [-0.2, -0.15) is 0 Å². The molecular formula is C19H29N5O4. The van der Waals surface area contributed by atoms with Crippen LogP contribution in [0.1, 0.15) is 48.7 Å². The Hall–Kier alpha value is -2.97. The first-order chi connectivity index (χ1) is 13.2. The standard InChI is InChI=1S/C19H29N5O4/c1-12(2)16(25)20-8-10-22-18(27)14-6-5-7-15(24-14)19(28)23-11-9-21-17(26)13(3)4/h5-7,12-13H,8-11H2,1-4H3,(H,20,25)(H,21,26)(H,22,27)(H,23,28). The maximum atomic E-state index is 12.1. The number of nitrogens with one attached hydrogen (secondary N) is 4. The Morgan fingerprint density at radius 1 is 0.714 bits per heavy atom. The summed E-state index contributed by atoms with van der Waals surface area (Å²) in [4.78, 5) is 51.2. The van der Waals surface area contributed by atoms with E-state index in [9.17, 15) is 19.2 Å². The molecule has 1 rings (SSSR count). The molecule has 4 amide bonds. The van der Waals surface area contributed by atoms with Crippen molar-refractivity contribution in [1.82, 2.24) is 26.3 Å². The van der Waals surface area contributed by atoms with E-state index >= 15 is 0 Å². The van der Waals surface area contributed by atoms with Crippen molar-refractivity contribution in [3.63, 3.8) is 0 Å². The Balaban J connectivity index is 2.45. The minimum Gasteiger partial charge on any atom is -0.354 e. The van der Waals surface area contributed by atoms with Crippen LogP contribution in [0.15, 0.2) is 18.2 Å². The molecule has 1 heterocycles. The number of nitrogens with zero attached hydrogens (tertiary/aromatic N) is 1. The highest BCUT2D eigenvalue weighted by molar-refractivity contribution is 5.96. The first-order valence-corrected chi connectivity index (χ1v) is 9.31. The molecule has 9 nitrogen and oxygen atoms in total. The van der Waals surface area contributed by atoms with Crippen LogP contribution in [0.2, 0.25) is 0 Å². The molecule has 9 heteroatoms. The highest BCUT2D eigenvalue weighted by Gasteiger charge is 2.13. The summed E-state index contributed by atoms with van der Waals surface area (Å²) < 4.78 is 0. The monoisotopic (exact) mass is 391 g/mol. The molecule has 0 radical (unpaired) electrons. The molecule has 0 spiro atoms. The van der Waals surface area contributed by atoms with Crippen molar-refractivity contribution >= 4 is 23.6 Å². The van der Waals surface area contributed by atoms with Crippen LogP contribution in [0, 0.1) is 11.8 Å². The molecule has 0 fully saturated rings. The second-order valence-corrected chi connectivity index (χ2v) is 6.81. The Morgan fingerprint density at radius 3 is 1.43 bits per heavy atom. The number of rotatable bonds is 10. The second kappa shape index (κ2) is 11.7. The molecule has 28 heavy (non-hydrogen) atoms. The van der Waals surface area contributed by atoms with E-state index in [1.54, 1.807) is 33.8 Å². The lowest BCUT2D eigenvalue weighted by Gasteiger charge is -2.10. The van der Waals surface area contributed by atoms with Crippen LogP contribution in [0.3, 0.4) is 0 Å². The van der Waals surface area contributed by atoms with Gasteiger partial charge in [0.15, 0.2) is 0 Å². The van der Waals surface area contributed by atoms with Crippen molar-refractivity contribution in [2.24, 2.45) is 11.8 Å². The molecule has 0 aliphatic carbocycles. The highest BCUT2D eigenvalue weighted by atomic mass is 16.2. The lowest BCUT2D eigenvalue weighted by molar-refractivity contribution is -0.124. The van der Waals surface area contributed by atoms with Gasteiger partial charge < -0.3 is 21.3 Å². The Morgan fingerprint density at radius 2 is 1.07 bits per heavy atom. The highest BCUT2D eigenvalue weighted by Crippen LogP contribution is 2.00. The molecule has 0 aromatic carbocycles. The van der Waals surface area contributed by atoms with E-state index in [1.807, 2.05) is 0 Å². The summed E-state index contributed by atoms with van der Waals surface area (Å²) in [6.07, 6.45) is 0. The van der Waals surface area contributed by atoms with E-state index in [2.05, 4.69) is 26.3 Å². The molecule has 0 aliphatic heterocycles. The van der Waals surface area contributed by atoms with E-state index in [0.717, 1.165) is 0 Å². The summed E-state index contributed by atoms with van der Waals surface area (Å²) in [6.45, 7) is 8.27. The minimum atomic E-state index is -0.433. The third kappa shape index (κ3) is 8.15. The van der Waals surface area contributed by atoms with Crippen molar-refractivity contribution < 1.29 is 19.2 Å². The third-order valence-electron chi connectivity index (χ3n) is 3.68. The normalized spacial score (nSPS) is 10.5. The molecule has 4 N–H and O–H groups in total. The van der Waals surface area contributed by atoms with Gasteiger partial charge in [0.25, 0.3) is 11.8 Å². The summed E-state index contributed by atoms with van der Waals surface area (Å²) >= 11 is 0. The van der Waals surface area contributed by atoms with Gasteiger partial charge in [0.05, 0.1) is 0 Å². The van der Waals surface area contributed by atoms with Gasteiger partial charge in [0.2, 0.25) is 11.8 Å². The van der Waals surface area contributed by atoms with Crippen molar-refractivity contribution in [2.75, 3.05) is 26.2 Å². The summed E-state index contributed by atoms with van der Waals surface area (Å²) in [5.74, 6) is -1.28. The number of aromatic nitrogens is 1. The van der Waals surface area contributed by atoms with Crippen LogP contribution in [-0.4, -0.2) is 54.8 Å². The first kappa shape index (κ1) is 23.1. The van der Waals surface area contributed by atoms with E-state index in [0.29, 0.717) is 13.1 Å². The number of pyridine rings is 1. The van der Waals surface area contributed by atoms with E-state index in [4.69, 9.17) is 0 Å². The van der Waals surface area contributed by atoms with Crippen molar-refractivity contribution in [2.45, 2.75) is 27.7 Å². The van der Waals surface area contributed by atoms with Crippen LogP contribution in [0.5, 0.6) is 0 Å². The molecular weight excluding hydrogens is 362 g/mol. The average molecular weight is 391 g/mol. The van der Waals surface area contributed by atoms with Crippen molar-refractivity contribution in [1.29, 1.82) is 0 Å². The summed E-state index contributed by atoms with van der Waals surface area (Å²) in [5.41, 5.74) is 0.215. The van der Waals surface area contributed by atoms with Crippen LogP contribution >= 0.6 is 0 Å². The lowest BCUT2D eigenvalue weighted by Crippen LogP contribution is -2.37. The van der Waals surface area contributed by atoms with Crippen LogP contribution in [0.4, 0.5) is 0 Å². The van der Waals surface area contributed by atoms with Gasteiger partial charge in [0, 0.05) is 38.0 Å². The van der Waals surface area contributed by atoms with Crippen LogP contribution < -0.4 is 21.3 Å². The number of hydrogen-bond donors (Lipinski definition) is 4. The molecule has 0 unspecified atom stereocenters. The summed E-state index contributed by atoms with van der Waals surface area (Å²) in [5, 5.41) is 10.7. The van der Waals surface area contributed by atoms with E-state index < -0.39 is 11.8 Å². The van der Waals surface area contributed by atoms with Gasteiger partial charge in [-0.3, -0.25) is 19.2 Å². The molecule has 0 saturated carbocycles. The number of carbonyl (C=O) groups is 4. The largest absolute Gasteiger partial charge is 0.354 e.